The van der Waals surface area contributed by atoms with Crippen molar-refractivity contribution in [2.45, 2.75) is 19.8 Å². The van der Waals surface area contributed by atoms with Gasteiger partial charge >= 0.3 is 0 Å². The van der Waals surface area contributed by atoms with E-state index in [9.17, 15) is 0 Å². The van der Waals surface area contributed by atoms with Crippen LogP contribution in [-0.4, -0.2) is 14.6 Å². The van der Waals surface area contributed by atoms with E-state index in [-0.39, 0.29) is 0 Å². The molecule has 0 radical (unpaired) electrons. The maximum Gasteiger partial charge on any atom is 0.161 e. The van der Waals surface area contributed by atoms with Crippen LogP contribution in [0.15, 0.2) is 18.3 Å². The average molecular weight is 186 g/mol. The Balaban J connectivity index is 2.61. The summed E-state index contributed by atoms with van der Waals surface area (Å²) in [6.07, 6.45) is 1.64. The van der Waals surface area contributed by atoms with Crippen molar-refractivity contribution < 1.29 is 0 Å². The molecule has 0 N–H and O–H groups in total. The van der Waals surface area contributed by atoms with Crippen LogP contribution in [0.2, 0.25) is 0 Å². The molecule has 14 heavy (non-hydrogen) atoms. The Hall–Kier alpha value is -1.89. The van der Waals surface area contributed by atoms with E-state index >= 15 is 0 Å². The molecule has 0 spiro atoms. The molecule has 2 aromatic heterocycles. The molecule has 0 aromatic carbocycles. The first-order valence-electron chi connectivity index (χ1n) is 4.47. The van der Waals surface area contributed by atoms with Gasteiger partial charge in [0.15, 0.2) is 11.3 Å². The van der Waals surface area contributed by atoms with Crippen molar-refractivity contribution in [3.8, 4) is 6.07 Å². The Bertz CT molecular complexity index is 504. The van der Waals surface area contributed by atoms with E-state index in [1.165, 1.54) is 0 Å². The van der Waals surface area contributed by atoms with Gasteiger partial charge in [0.1, 0.15) is 6.07 Å². The molecule has 70 valence electrons. The molecule has 2 rings (SSSR count). The SMILES string of the molecule is CC(C)c1ccc2nc(C#N)cn2n1. The van der Waals surface area contributed by atoms with Gasteiger partial charge in [-0.05, 0) is 18.1 Å². The minimum Gasteiger partial charge on any atom is -0.219 e. The van der Waals surface area contributed by atoms with Gasteiger partial charge in [0.25, 0.3) is 0 Å². The second-order valence-electron chi connectivity index (χ2n) is 3.45. The number of imidazole rings is 1. The van der Waals surface area contributed by atoms with Crippen molar-refractivity contribution in [1.82, 2.24) is 14.6 Å². The first-order chi connectivity index (χ1) is 6.70. The van der Waals surface area contributed by atoms with Crippen LogP contribution in [0.1, 0.15) is 31.2 Å². The molecule has 4 nitrogen and oxygen atoms in total. The van der Waals surface area contributed by atoms with Gasteiger partial charge in [-0.25, -0.2) is 9.50 Å². The zero-order chi connectivity index (χ0) is 10.1. The Morgan fingerprint density at radius 2 is 2.21 bits per heavy atom. The second kappa shape index (κ2) is 3.11. The summed E-state index contributed by atoms with van der Waals surface area (Å²) in [7, 11) is 0. The summed E-state index contributed by atoms with van der Waals surface area (Å²) in [5.74, 6) is 0.382. The maximum absolute atomic E-state index is 8.66. The molecule has 2 heterocycles. The lowest BCUT2D eigenvalue weighted by Crippen LogP contribution is -1.98. The van der Waals surface area contributed by atoms with E-state index in [0.717, 1.165) is 5.69 Å². The summed E-state index contributed by atoms with van der Waals surface area (Å²) >= 11 is 0. The Morgan fingerprint density at radius 1 is 1.43 bits per heavy atom. The summed E-state index contributed by atoms with van der Waals surface area (Å²) < 4.78 is 1.65. The Kier molecular flexibility index (Phi) is 1.93. The van der Waals surface area contributed by atoms with Crippen molar-refractivity contribution in [2.75, 3.05) is 0 Å². The van der Waals surface area contributed by atoms with Gasteiger partial charge < -0.3 is 0 Å². The highest BCUT2D eigenvalue weighted by atomic mass is 15.2. The minimum atomic E-state index is 0.382. The molecule has 0 aliphatic heterocycles. The van der Waals surface area contributed by atoms with Crippen molar-refractivity contribution in [3.63, 3.8) is 0 Å². The average Bonchev–Trinajstić information content (AvgIpc) is 2.58. The van der Waals surface area contributed by atoms with Crippen LogP contribution in [0.25, 0.3) is 5.65 Å². The number of aromatic nitrogens is 3. The quantitative estimate of drug-likeness (QED) is 0.681. The van der Waals surface area contributed by atoms with Gasteiger partial charge in [0.2, 0.25) is 0 Å². The molecule has 0 saturated carbocycles. The highest BCUT2D eigenvalue weighted by Crippen LogP contribution is 2.12. The first kappa shape index (κ1) is 8.70. The van der Waals surface area contributed by atoms with Crippen molar-refractivity contribution >= 4 is 5.65 Å². The first-order valence-corrected chi connectivity index (χ1v) is 4.47. The van der Waals surface area contributed by atoms with Gasteiger partial charge in [-0.1, -0.05) is 13.8 Å². The fourth-order valence-corrected chi connectivity index (χ4v) is 1.26. The van der Waals surface area contributed by atoms with Crippen LogP contribution < -0.4 is 0 Å². The lowest BCUT2D eigenvalue weighted by Gasteiger charge is -2.02. The molecule has 0 atom stereocenters. The molecule has 0 aliphatic rings. The number of hydrogen-bond donors (Lipinski definition) is 0. The van der Waals surface area contributed by atoms with E-state index in [1.54, 1.807) is 10.7 Å². The number of nitrogens with zero attached hydrogens (tertiary/aromatic N) is 4. The number of rotatable bonds is 1. The summed E-state index contributed by atoms with van der Waals surface area (Å²) in [5, 5.41) is 13.0. The molecule has 0 bridgehead atoms. The van der Waals surface area contributed by atoms with Crippen LogP contribution >= 0.6 is 0 Å². The van der Waals surface area contributed by atoms with Crippen LogP contribution in [0.3, 0.4) is 0 Å². The maximum atomic E-state index is 8.66. The molecule has 0 saturated heterocycles. The lowest BCUT2D eigenvalue weighted by atomic mass is 10.1. The van der Waals surface area contributed by atoms with Gasteiger partial charge in [-0.2, -0.15) is 10.4 Å². The normalized spacial score (nSPS) is 10.7. The lowest BCUT2D eigenvalue weighted by molar-refractivity contribution is 0.764. The van der Waals surface area contributed by atoms with Gasteiger partial charge in [0.05, 0.1) is 11.9 Å². The summed E-state index contributed by atoms with van der Waals surface area (Å²) in [4.78, 5) is 4.07. The third-order valence-corrected chi connectivity index (χ3v) is 2.05. The van der Waals surface area contributed by atoms with Crippen LogP contribution in [-0.2, 0) is 0 Å². The molecule has 0 amide bonds. The number of hydrogen-bond acceptors (Lipinski definition) is 3. The highest BCUT2D eigenvalue weighted by Gasteiger charge is 2.04. The van der Waals surface area contributed by atoms with Crippen molar-refractivity contribution in [3.05, 3.63) is 29.7 Å². The molecule has 0 aliphatic carbocycles. The Morgan fingerprint density at radius 3 is 2.86 bits per heavy atom. The van der Waals surface area contributed by atoms with E-state index in [0.29, 0.717) is 17.3 Å². The van der Waals surface area contributed by atoms with Gasteiger partial charge in [-0.15, -0.1) is 0 Å². The van der Waals surface area contributed by atoms with Gasteiger partial charge in [-0.3, -0.25) is 0 Å². The molecular weight excluding hydrogens is 176 g/mol. The summed E-state index contributed by atoms with van der Waals surface area (Å²) in [6, 6.07) is 5.81. The molecule has 2 aromatic rings. The fourth-order valence-electron chi connectivity index (χ4n) is 1.26. The zero-order valence-electron chi connectivity index (χ0n) is 8.10. The fraction of sp³-hybridized carbons (Fsp3) is 0.300. The standard InChI is InChI=1S/C10H10N4/c1-7(2)9-3-4-10-12-8(5-11)6-14(10)13-9/h3-4,6-7H,1-2H3. The highest BCUT2D eigenvalue weighted by molar-refractivity contribution is 5.41. The predicted molar refractivity (Wildman–Crippen MR) is 51.8 cm³/mol. The smallest absolute Gasteiger partial charge is 0.161 e. The van der Waals surface area contributed by atoms with E-state index < -0.39 is 0 Å². The summed E-state index contributed by atoms with van der Waals surface area (Å²) in [6.45, 7) is 4.16. The number of fused-ring (bicyclic) bond motifs is 1. The van der Waals surface area contributed by atoms with Crippen molar-refractivity contribution in [1.29, 1.82) is 5.26 Å². The van der Waals surface area contributed by atoms with Gasteiger partial charge in [0, 0.05) is 0 Å². The van der Waals surface area contributed by atoms with E-state index in [4.69, 9.17) is 5.26 Å². The van der Waals surface area contributed by atoms with E-state index in [1.807, 2.05) is 18.2 Å². The topological polar surface area (TPSA) is 54.0 Å². The minimum absolute atomic E-state index is 0.382. The third-order valence-electron chi connectivity index (χ3n) is 2.05. The van der Waals surface area contributed by atoms with Crippen LogP contribution in [0.4, 0.5) is 0 Å². The molecule has 4 heteroatoms. The molecule has 0 unspecified atom stereocenters. The third kappa shape index (κ3) is 1.33. The van der Waals surface area contributed by atoms with Crippen LogP contribution in [0, 0.1) is 11.3 Å². The van der Waals surface area contributed by atoms with Crippen molar-refractivity contribution in [2.24, 2.45) is 0 Å². The monoisotopic (exact) mass is 186 g/mol. The number of nitriles is 1. The van der Waals surface area contributed by atoms with Crippen LogP contribution in [0.5, 0.6) is 0 Å². The molecule has 0 fully saturated rings. The largest absolute Gasteiger partial charge is 0.219 e. The van der Waals surface area contributed by atoms with E-state index in [2.05, 4.69) is 23.9 Å². The predicted octanol–water partition coefficient (Wildman–Crippen LogP) is 1.72. The molecular formula is C10H10N4. The summed E-state index contributed by atoms with van der Waals surface area (Å²) in [5.41, 5.74) is 2.11. The zero-order valence-corrected chi connectivity index (χ0v) is 8.10. The Labute approximate surface area is 81.8 Å². The second-order valence-corrected chi connectivity index (χ2v) is 3.45.